The van der Waals surface area contributed by atoms with E-state index in [2.05, 4.69) is 27.5 Å². The highest BCUT2D eigenvalue weighted by molar-refractivity contribution is 5.88. The van der Waals surface area contributed by atoms with Crippen LogP contribution in [0.5, 0.6) is 5.75 Å². The molecule has 5 atom stereocenters. The number of ether oxygens (including phenoxy) is 2. The molecule has 0 bridgehead atoms. The molecular weight excluding hydrogens is 532 g/mol. The SMILES string of the molecule is O=C(O)c1ccc(-c2ccc(O[C@@H]3O[C@H](CO)[C@H](O)[C@H](O)[C@H]3O)cc2)cc1.[N-]=[N+]=NCCCNCc1ccccc1. The zero-order chi connectivity index (χ0) is 29.6. The van der Waals surface area contributed by atoms with Crippen LogP contribution in [0.15, 0.2) is 84.0 Å². The molecule has 3 aromatic carbocycles. The van der Waals surface area contributed by atoms with Crippen molar-refractivity contribution in [2.45, 2.75) is 43.7 Å². The lowest BCUT2D eigenvalue weighted by atomic mass is 9.99. The number of nitrogens with zero attached hydrogens (tertiary/aromatic N) is 3. The minimum Gasteiger partial charge on any atom is -0.478 e. The van der Waals surface area contributed by atoms with Crippen LogP contribution in [0.3, 0.4) is 0 Å². The predicted molar refractivity (Wildman–Crippen MR) is 150 cm³/mol. The topological polar surface area (TPSA) is 197 Å². The van der Waals surface area contributed by atoms with Gasteiger partial charge in [-0.1, -0.05) is 59.7 Å². The highest BCUT2D eigenvalue weighted by atomic mass is 16.7. The van der Waals surface area contributed by atoms with Crippen LogP contribution in [0, 0.1) is 0 Å². The molecule has 1 aliphatic rings. The van der Waals surface area contributed by atoms with Crippen molar-refractivity contribution in [3.8, 4) is 16.9 Å². The summed E-state index contributed by atoms with van der Waals surface area (Å²) >= 11 is 0. The van der Waals surface area contributed by atoms with Crippen LogP contribution in [0.25, 0.3) is 21.6 Å². The normalized spacial score (nSPS) is 21.6. The Morgan fingerprint density at radius 2 is 1.56 bits per heavy atom. The molecule has 1 fully saturated rings. The summed E-state index contributed by atoms with van der Waals surface area (Å²) in [5, 5.41) is 54.4. The fraction of sp³-hybridized carbons (Fsp3) is 0.345. The molecule has 1 aliphatic heterocycles. The Morgan fingerprint density at radius 1 is 0.927 bits per heavy atom. The quantitative estimate of drug-likeness (QED) is 0.0874. The van der Waals surface area contributed by atoms with Crippen molar-refractivity contribution in [3.63, 3.8) is 0 Å². The molecule has 0 spiro atoms. The molecule has 4 rings (SSSR count). The Kier molecular flexibility index (Phi) is 12.5. The van der Waals surface area contributed by atoms with Crippen LogP contribution in [0.1, 0.15) is 22.3 Å². The van der Waals surface area contributed by atoms with Crippen LogP contribution in [-0.2, 0) is 11.3 Å². The van der Waals surface area contributed by atoms with Gasteiger partial charge < -0.3 is 40.3 Å². The standard InChI is InChI=1S/C19H20O8.C10H14N4/c20-9-14-15(21)16(22)17(23)19(27-14)26-13-7-5-11(6-8-13)10-1-3-12(4-2-10)18(24)25;11-14-13-8-4-7-12-9-10-5-2-1-3-6-10/h1-8,14-17,19-23H,9H2,(H,24,25);1-3,5-6,12H,4,7-9H2/t14-,15+,16+,17-,19-;/m1./s1. The maximum absolute atomic E-state index is 10.9. The van der Waals surface area contributed by atoms with E-state index in [4.69, 9.17) is 20.1 Å². The van der Waals surface area contributed by atoms with E-state index in [1.54, 1.807) is 36.4 Å². The van der Waals surface area contributed by atoms with Crippen molar-refractivity contribution in [2.24, 2.45) is 5.11 Å². The van der Waals surface area contributed by atoms with Crippen LogP contribution in [0.2, 0.25) is 0 Å². The number of carboxylic acids is 1. The summed E-state index contributed by atoms with van der Waals surface area (Å²) < 4.78 is 10.8. The summed E-state index contributed by atoms with van der Waals surface area (Å²) in [6, 6.07) is 23.4. The van der Waals surface area contributed by atoms with Gasteiger partial charge in [0.05, 0.1) is 12.2 Å². The molecule has 218 valence electrons. The molecule has 12 heteroatoms. The van der Waals surface area contributed by atoms with Gasteiger partial charge in [-0.15, -0.1) is 0 Å². The van der Waals surface area contributed by atoms with E-state index in [1.165, 1.54) is 17.7 Å². The Hall–Kier alpha value is -4.00. The van der Waals surface area contributed by atoms with Crippen molar-refractivity contribution in [1.82, 2.24) is 5.32 Å². The van der Waals surface area contributed by atoms with Gasteiger partial charge in [0.1, 0.15) is 30.2 Å². The van der Waals surface area contributed by atoms with Crippen molar-refractivity contribution in [1.29, 1.82) is 0 Å². The number of hydrogen-bond donors (Lipinski definition) is 6. The van der Waals surface area contributed by atoms with Crippen LogP contribution in [0.4, 0.5) is 0 Å². The summed E-state index contributed by atoms with van der Waals surface area (Å²) in [6.45, 7) is 1.79. The van der Waals surface area contributed by atoms with E-state index < -0.39 is 43.3 Å². The number of hydrogen-bond acceptors (Lipinski definition) is 9. The smallest absolute Gasteiger partial charge is 0.335 e. The monoisotopic (exact) mass is 566 g/mol. The molecule has 0 amide bonds. The molecule has 3 aromatic rings. The fourth-order valence-electron chi connectivity index (χ4n) is 3.98. The number of carboxylic acid groups (broad SMARTS) is 1. The third kappa shape index (κ3) is 9.55. The lowest BCUT2D eigenvalue weighted by Crippen LogP contribution is -2.60. The first kappa shape index (κ1) is 31.5. The molecule has 0 radical (unpaired) electrons. The highest BCUT2D eigenvalue weighted by Crippen LogP contribution is 2.27. The number of rotatable bonds is 11. The van der Waals surface area contributed by atoms with Crippen LogP contribution < -0.4 is 10.1 Å². The van der Waals surface area contributed by atoms with Crippen LogP contribution >= 0.6 is 0 Å². The van der Waals surface area contributed by atoms with Crippen molar-refractivity contribution in [2.75, 3.05) is 19.7 Å². The summed E-state index contributed by atoms with van der Waals surface area (Å²) in [5.74, 6) is -0.643. The maximum atomic E-state index is 10.9. The second-order valence-electron chi connectivity index (χ2n) is 9.19. The molecule has 41 heavy (non-hydrogen) atoms. The third-order valence-electron chi connectivity index (χ3n) is 6.27. The van der Waals surface area contributed by atoms with Gasteiger partial charge >= 0.3 is 5.97 Å². The van der Waals surface area contributed by atoms with Gasteiger partial charge in [-0.05, 0) is 59.5 Å². The van der Waals surface area contributed by atoms with E-state index >= 15 is 0 Å². The number of aliphatic hydroxyl groups excluding tert-OH is 4. The molecule has 6 N–H and O–H groups in total. The van der Waals surface area contributed by atoms with Gasteiger partial charge in [-0.2, -0.15) is 0 Å². The average Bonchev–Trinajstić information content (AvgIpc) is 3.00. The van der Waals surface area contributed by atoms with Gasteiger partial charge in [0, 0.05) is 18.0 Å². The van der Waals surface area contributed by atoms with Crippen LogP contribution in [-0.4, -0.2) is 81.9 Å². The lowest BCUT2D eigenvalue weighted by molar-refractivity contribution is -0.277. The first-order chi connectivity index (χ1) is 19.8. The third-order valence-corrected chi connectivity index (χ3v) is 6.27. The minimum atomic E-state index is -1.51. The zero-order valence-corrected chi connectivity index (χ0v) is 22.2. The number of azide groups is 1. The molecule has 1 heterocycles. The largest absolute Gasteiger partial charge is 0.478 e. The predicted octanol–water partition coefficient (Wildman–Crippen LogP) is 2.71. The summed E-state index contributed by atoms with van der Waals surface area (Å²) in [7, 11) is 0. The second-order valence-corrected chi connectivity index (χ2v) is 9.19. The first-order valence-corrected chi connectivity index (χ1v) is 13.0. The molecule has 0 aromatic heterocycles. The fourth-order valence-corrected chi connectivity index (χ4v) is 3.98. The zero-order valence-electron chi connectivity index (χ0n) is 22.2. The molecule has 0 unspecified atom stereocenters. The Morgan fingerprint density at radius 3 is 2.15 bits per heavy atom. The van der Waals surface area contributed by atoms with E-state index in [0.29, 0.717) is 12.3 Å². The number of nitrogens with one attached hydrogen (secondary N) is 1. The van der Waals surface area contributed by atoms with E-state index in [9.17, 15) is 25.2 Å². The maximum Gasteiger partial charge on any atom is 0.335 e. The molecule has 1 saturated heterocycles. The molecule has 12 nitrogen and oxygen atoms in total. The van der Waals surface area contributed by atoms with E-state index in [0.717, 1.165) is 30.6 Å². The van der Waals surface area contributed by atoms with Crippen molar-refractivity contribution >= 4 is 5.97 Å². The second kappa shape index (κ2) is 16.3. The number of benzene rings is 3. The Balaban J connectivity index is 0.000000278. The van der Waals surface area contributed by atoms with Gasteiger partial charge in [0.2, 0.25) is 6.29 Å². The van der Waals surface area contributed by atoms with Gasteiger partial charge in [-0.25, -0.2) is 4.79 Å². The van der Waals surface area contributed by atoms with Gasteiger partial charge in [0.15, 0.2) is 0 Å². The Bertz CT molecular complexity index is 1250. The van der Waals surface area contributed by atoms with E-state index in [-0.39, 0.29) is 5.56 Å². The number of aliphatic hydroxyl groups is 4. The van der Waals surface area contributed by atoms with E-state index in [1.807, 2.05) is 18.2 Å². The average molecular weight is 567 g/mol. The van der Waals surface area contributed by atoms with Crippen molar-refractivity contribution in [3.05, 3.63) is 100 Å². The number of carbonyl (C=O) groups is 1. The summed E-state index contributed by atoms with van der Waals surface area (Å²) in [6.07, 6.45) is -5.83. The van der Waals surface area contributed by atoms with Gasteiger partial charge in [-0.3, -0.25) is 0 Å². The number of aromatic carboxylic acids is 1. The molecule has 0 saturated carbocycles. The summed E-state index contributed by atoms with van der Waals surface area (Å²) in [4.78, 5) is 13.6. The lowest BCUT2D eigenvalue weighted by Gasteiger charge is -2.39. The van der Waals surface area contributed by atoms with Gasteiger partial charge in [0.25, 0.3) is 0 Å². The summed E-state index contributed by atoms with van der Waals surface area (Å²) in [5.41, 5.74) is 11.2. The Labute approximate surface area is 237 Å². The molecular formula is C29H34N4O8. The highest BCUT2D eigenvalue weighted by Gasteiger charge is 2.44. The minimum absolute atomic E-state index is 0.196. The first-order valence-electron chi connectivity index (χ1n) is 13.0. The van der Waals surface area contributed by atoms with Crippen molar-refractivity contribution < 1.29 is 39.8 Å². The molecule has 0 aliphatic carbocycles.